The fourth-order valence-corrected chi connectivity index (χ4v) is 7.52. The Morgan fingerprint density at radius 2 is 1.82 bits per heavy atom. The van der Waals surface area contributed by atoms with Crippen molar-refractivity contribution in [2.24, 2.45) is 17.3 Å². The Morgan fingerprint density at radius 1 is 1.06 bits per heavy atom. The molecule has 0 aromatic heterocycles. The first-order valence-electron chi connectivity index (χ1n) is 12.2. The third kappa shape index (κ3) is 4.34. The summed E-state index contributed by atoms with van der Waals surface area (Å²) < 4.78 is 32.6. The van der Waals surface area contributed by atoms with Gasteiger partial charge in [0.25, 0.3) is 10.1 Å². The second kappa shape index (κ2) is 8.85. The molecule has 0 bridgehead atoms. The van der Waals surface area contributed by atoms with Gasteiger partial charge in [-0.1, -0.05) is 25.1 Å². The van der Waals surface area contributed by atoms with Crippen LogP contribution in [0.25, 0.3) is 0 Å². The largest absolute Gasteiger partial charge is 0.508 e. The molecule has 0 unspecified atom stereocenters. The minimum atomic E-state index is -3.47. The number of aliphatic hydroxyl groups is 1. The molecule has 0 amide bonds. The Kier molecular flexibility index (Phi) is 6.15. The van der Waals surface area contributed by atoms with Gasteiger partial charge in [-0.3, -0.25) is 4.18 Å². The molecule has 2 aromatic rings. The van der Waals surface area contributed by atoms with Crippen LogP contribution in [0.3, 0.4) is 0 Å². The monoisotopic (exact) mass is 486 g/mol. The Morgan fingerprint density at radius 3 is 2.56 bits per heavy atom. The van der Waals surface area contributed by atoms with Gasteiger partial charge >= 0.3 is 0 Å². The minimum Gasteiger partial charge on any atom is -0.508 e. The summed E-state index contributed by atoms with van der Waals surface area (Å²) in [6.07, 6.45) is 5.72. The highest BCUT2D eigenvalue weighted by atomic mass is 32.2. The van der Waals surface area contributed by atoms with Gasteiger partial charge in [0.05, 0.1) is 12.4 Å². The highest BCUT2D eigenvalue weighted by molar-refractivity contribution is 7.85. The Labute approximate surface area is 202 Å². The van der Waals surface area contributed by atoms with E-state index in [1.807, 2.05) is 24.3 Å². The molecule has 3 aliphatic carbocycles. The van der Waals surface area contributed by atoms with Gasteiger partial charge in [0.1, 0.15) is 24.7 Å². The fourth-order valence-electron chi connectivity index (χ4n) is 7.15. The highest BCUT2D eigenvalue weighted by Crippen LogP contribution is 2.65. The maximum absolute atomic E-state index is 11.1. The second-order valence-corrected chi connectivity index (χ2v) is 12.2. The van der Waals surface area contributed by atoms with E-state index in [2.05, 4.69) is 25.1 Å². The number of benzene rings is 2. The van der Waals surface area contributed by atoms with Gasteiger partial charge in [-0.2, -0.15) is 8.42 Å². The van der Waals surface area contributed by atoms with Crippen LogP contribution in [-0.4, -0.2) is 44.2 Å². The predicted octanol–water partition coefficient (Wildman–Crippen LogP) is 4.36. The molecule has 0 aliphatic heterocycles. The van der Waals surface area contributed by atoms with Crippen LogP contribution >= 0.6 is 0 Å². The Bertz CT molecular complexity index is 1140. The first kappa shape index (κ1) is 23.6. The number of fused-ring (bicyclic) bond motifs is 5. The number of aryl methyl sites for hydroxylation is 1. The van der Waals surface area contributed by atoms with Crippen LogP contribution in [0.15, 0.2) is 42.5 Å². The fraction of sp³-hybridized carbons (Fsp3) is 0.556. The summed E-state index contributed by atoms with van der Waals surface area (Å²) >= 11 is 0. The van der Waals surface area contributed by atoms with Crippen molar-refractivity contribution in [2.75, 3.05) is 19.5 Å². The summed E-state index contributed by atoms with van der Waals surface area (Å²) in [5.74, 6) is 2.66. The number of ether oxygens (including phenoxy) is 1. The molecule has 34 heavy (non-hydrogen) atoms. The normalized spacial score (nSPS) is 32.5. The Balaban J connectivity index is 1.42. The van der Waals surface area contributed by atoms with Crippen LogP contribution < -0.4 is 4.74 Å². The van der Waals surface area contributed by atoms with Crippen molar-refractivity contribution >= 4 is 10.1 Å². The number of rotatable bonds is 6. The van der Waals surface area contributed by atoms with Crippen LogP contribution in [0, 0.1) is 17.3 Å². The van der Waals surface area contributed by atoms with Gasteiger partial charge in [0, 0.05) is 0 Å². The summed E-state index contributed by atoms with van der Waals surface area (Å²) in [5, 5.41) is 21.1. The molecule has 6 nitrogen and oxygen atoms in total. The van der Waals surface area contributed by atoms with Gasteiger partial charge in [-0.15, -0.1) is 0 Å². The molecule has 5 rings (SSSR count). The molecular weight excluding hydrogens is 452 g/mol. The predicted molar refractivity (Wildman–Crippen MR) is 130 cm³/mol. The average molecular weight is 487 g/mol. The van der Waals surface area contributed by atoms with Crippen LogP contribution in [0.1, 0.15) is 61.1 Å². The number of aromatic hydroxyl groups is 1. The zero-order valence-electron chi connectivity index (χ0n) is 19.8. The van der Waals surface area contributed by atoms with Crippen LogP contribution in [0.4, 0.5) is 0 Å². The lowest BCUT2D eigenvalue weighted by Crippen LogP contribution is -2.47. The minimum absolute atomic E-state index is 0.0196. The Hall–Kier alpha value is -2.09. The molecule has 6 atom stereocenters. The smallest absolute Gasteiger partial charge is 0.264 e. The van der Waals surface area contributed by atoms with Gasteiger partial charge in [-0.05, 0) is 102 Å². The highest BCUT2D eigenvalue weighted by Gasteiger charge is 2.57. The molecule has 0 radical (unpaired) electrons. The quantitative estimate of drug-likeness (QED) is 0.466. The third-order valence-corrected chi connectivity index (χ3v) is 9.22. The van der Waals surface area contributed by atoms with Crippen molar-refractivity contribution < 1.29 is 27.6 Å². The molecule has 2 aromatic carbocycles. The number of phenols is 1. The van der Waals surface area contributed by atoms with E-state index in [1.54, 1.807) is 0 Å². The average Bonchev–Trinajstić information content (AvgIpc) is 3.10. The summed E-state index contributed by atoms with van der Waals surface area (Å²) in [7, 11) is -3.47. The SMILES string of the molecule is C[C@]12C[C@H](c3ccc(OCCOS(C)(=O)=O)cc3)[C@@H]3c4ccc(O)cc4CC[C@H]3[C@@H]1CC[C@@H]2O. The van der Waals surface area contributed by atoms with E-state index < -0.39 is 10.1 Å². The lowest BCUT2D eigenvalue weighted by atomic mass is 9.51. The molecule has 2 fully saturated rings. The van der Waals surface area contributed by atoms with E-state index >= 15 is 0 Å². The van der Waals surface area contributed by atoms with Crippen molar-refractivity contribution in [1.82, 2.24) is 0 Å². The summed E-state index contributed by atoms with van der Waals surface area (Å²) in [6.45, 7) is 2.42. The molecule has 0 saturated heterocycles. The molecule has 0 spiro atoms. The van der Waals surface area contributed by atoms with Crippen molar-refractivity contribution in [3.63, 3.8) is 0 Å². The molecule has 7 heteroatoms. The maximum Gasteiger partial charge on any atom is 0.264 e. The zero-order chi connectivity index (χ0) is 24.1. The first-order chi connectivity index (χ1) is 16.2. The van der Waals surface area contributed by atoms with Gasteiger partial charge in [0.15, 0.2) is 0 Å². The number of phenolic OH excluding ortho intramolecular Hbond substituents is 1. The molecule has 184 valence electrons. The van der Waals surface area contributed by atoms with E-state index in [0.29, 0.717) is 29.3 Å². The van der Waals surface area contributed by atoms with Crippen LogP contribution in [0.5, 0.6) is 11.5 Å². The van der Waals surface area contributed by atoms with Gasteiger partial charge < -0.3 is 14.9 Å². The zero-order valence-corrected chi connectivity index (χ0v) is 20.6. The van der Waals surface area contributed by atoms with Crippen molar-refractivity contribution in [3.8, 4) is 11.5 Å². The molecule has 0 heterocycles. The lowest BCUT2D eigenvalue weighted by molar-refractivity contribution is -0.0323. The topological polar surface area (TPSA) is 93.1 Å². The van der Waals surface area contributed by atoms with Gasteiger partial charge in [-0.25, -0.2) is 0 Å². The van der Waals surface area contributed by atoms with E-state index in [0.717, 1.165) is 38.4 Å². The third-order valence-electron chi connectivity index (χ3n) is 8.62. The van der Waals surface area contributed by atoms with Gasteiger partial charge in [0.2, 0.25) is 0 Å². The first-order valence-corrected chi connectivity index (χ1v) is 14.0. The second-order valence-electron chi connectivity index (χ2n) is 10.6. The summed E-state index contributed by atoms with van der Waals surface area (Å²) in [4.78, 5) is 0. The molecule has 3 aliphatic rings. The molecular formula is C27H34O6S. The van der Waals surface area contributed by atoms with E-state index in [9.17, 15) is 18.6 Å². The van der Waals surface area contributed by atoms with Crippen molar-refractivity contribution in [3.05, 3.63) is 59.2 Å². The van der Waals surface area contributed by atoms with Crippen LogP contribution in [-0.2, 0) is 20.7 Å². The number of hydrogen-bond acceptors (Lipinski definition) is 6. The standard InChI is InChI=1S/C27H34O6S/c1-27-16-23(17-3-7-20(8-4-17)32-13-14-33-34(2,30)31)26-21-10-6-19(28)15-18(21)5-9-22(26)24(27)11-12-25(27)29/h3-4,6-8,10,15,22-26,28-29H,5,9,11-14,16H2,1-2H3/t22-,23+,24-,25-,26+,27-/m0/s1. The summed E-state index contributed by atoms with van der Waals surface area (Å²) in [5.41, 5.74) is 3.74. The number of hydrogen-bond donors (Lipinski definition) is 2. The summed E-state index contributed by atoms with van der Waals surface area (Å²) in [6, 6.07) is 13.9. The van der Waals surface area contributed by atoms with E-state index in [4.69, 9.17) is 8.92 Å². The van der Waals surface area contributed by atoms with E-state index in [1.165, 1.54) is 16.7 Å². The van der Waals surface area contributed by atoms with Crippen molar-refractivity contribution in [1.29, 1.82) is 0 Å². The lowest BCUT2D eigenvalue weighted by Gasteiger charge is -2.54. The van der Waals surface area contributed by atoms with E-state index in [-0.39, 0.29) is 30.7 Å². The van der Waals surface area contributed by atoms with Crippen LogP contribution in [0.2, 0.25) is 0 Å². The molecule has 2 saturated carbocycles. The molecule has 2 N–H and O–H groups in total. The number of aliphatic hydroxyl groups excluding tert-OH is 1. The van der Waals surface area contributed by atoms with Crippen molar-refractivity contribution in [2.45, 2.75) is 57.0 Å². The maximum atomic E-state index is 11.1.